The number of nitrogens with zero attached hydrogens (tertiary/aromatic N) is 1. The summed E-state index contributed by atoms with van der Waals surface area (Å²) in [5.41, 5.74) is 12.4. The number of unbranched alkanes of at least 4 members (excludes halogenated alkanes) is 1. The van der Waals surface area contributed by atoms with Crippen molar-refractivity contribution in [2.75, 3.05) is 13.1 Å². The van der Waals surface area contributed by atoms with Crippen LogP contribution in [-0.4, -0.2) is 82.0 Å². The summed E-state index contributed by atoms with van der Waals surface area (Å²) in [7, 11) is 0. The van der Waals surface area contributed by atoms with Crippen molar-refractivity contribution < 1.29 is 34.2 Å². The van der Waals surface area contributed by atoms with Crippen LogP contribution in [0.5, 0.6) is 0 Å². The van der Waals surface area contributed by atoms with Gasteiger partial charge in [0.05, 0.1) is 12.5 Å². The Morgan fingerprint density at radius 3 is 2.33 bits per heavy atom. The number of carboxylic acid groups (broad SMARTS) is 2. The van der Waals surface area contributed by atoms with Gasteiger partial charge in [0.2, 0.25) is 17.7 Å². The molecule has 12 heteroatoms. The van der Waals surface area contributed by atoms with Gasteiger partial charge in [0.15, 0.2) is 0 Å². The topological polar surface area (TPSA) is 205 Å². The highest BCUT2D eigenvalue weighted by Gasteiger charge is 2.38. The van der Waals surface area contributed by atoms with Crippen LogP contribution >= 0.6 is 0 Å². The molecule has 4 atom stereocenters. The quantitative estimate of drug-likeness (QED) is 0.175. The molecule has 2 rings (SSSR count). The highest BCUT2D eigenvalue weighted by atomic mass is 16.4. The van der Waals surface area contributed by atoms with Gasteiger partial charge in [0.25, 0.3) is 0 Å². The van der Waals surface area contributed by atoms with Crippen LogP contribution < -0.4 is 22.1 Å². The maximum absolute atomic E-state index is 13.0. The van der Waals surface area contributed by atoms with Crippen LogP contribution in [0, 0.1) is 0 Å². The van der Waals surface area contributed by atoms with Gasteiger partial charge in [-0.15, -0.1) is 0 Å². The second kappa shape index (κ2) is 14.1. The Hall–Kier alpha value is -3.51. The van der Waals surface area contributed by atoms with Crippen molar-refractivity contribution in [2.45, 2.75) is 69.1 Å². The molecule has 0 spiro atoms. The van der Waals surface area contributed by atoms with Gasteiger partial charge >= 0.3 is 11.9 Å². The van der Waals surface area contributed by atoms with Crippen molar-refractivity contribution in [1.29, 1.82) is 0 Å². The molecule has 0 aliphatic carbocycles. The van der Waals surface area contributed by atoms with E-state index in [0.29, 0.717) is 38.8 Å². The lowest BCUT2D eigenvalue weighted by Crippen LogP contribution is -2.57. The number of carbonyl (C=O) groups is 5. The third-order valence-electron chi connectivity index (χ3n) is 6.03. The molecule has 1 fully saturated rings. The summed E-state index contributed by atoms with van der Waals surface area (Å²) in [4.78, 5) is 62.9. The third kappa shape index (κ3) is 8.61. The minimum absolute atomic E-state index is 0.107. The van der Waals surface area contributed by atoms with Crippen LogP contribution in [-0.2, 0) is 30.4 Å². The van der Waals surface area contributed by atoms with E-state index in [2.05, 4.69) is 10.6 Å². The van der Waals surface area contributed by atoms with E-state index >= 15 is 0 Å². The zero-order chi connectivity index (χ0) is 26.7. The summed E-state index contributed by atoms with van der Waals surface area (Å²) in [5, 5.41) is 23.3. The first kappa shape index (κ1) is 28.7. The second-order valence-corrected chi connectivity index (χ2v) is 8.83. The molecule has 1 aromatic rings. The number of benzene rings is 1. The Morgan fingerprint density at radius 1 is 1.03 bits per heavy atom. The highest BCUT2D eigenvalue weighted by Crippen LogP contribution is 2.19. The Morgan fingerprint density at radius 2 is 1.72 bits per heavy atom. The van der Waals surface area contributed by atoms with E-state index in [9.17, 15) is 34.2 Å². The number of nitrogens with one attached hydrogen (secondary N) is 2. The van der Waals surface area contributed by atoms with Gasteiger partial charge < -0.3 is 37.2 Å². The number of likely N-dealkylation sites (tertiary alicyclic amines) is 1. The molecule has 0 bridgehead atoms. The van der Waals surface area contributed by atoms with Gasteiger partial charge in [-0.1, -0.05) is 30.3 Å². The minimum Gasteiger partial charge on any atom is -0.481 e. The van der Waals surface area contributed by atoms with Crippen molar-refractivity contribution in [1.82, 2.24) is 15.5 Å². The number of rotatable bonds is 14. The monoisotopic (exact) mass is 505 g/mol. The zero-order valence-electron chi connectivity index (χ0n) is 20.1. The summed E-state index contributed by atoms with van der Waals surface area (Å²) < 4.78 is 0. The molecular weight excluding hydrogens is 470 g/mol. The fraction of sp³-hybridized carbons (Fsp3) is 0.542. The number of hydrogen-bond donors (Lipinski definition) is 6. The molecule has 198 valence electrons. The molecule has 36 heavy (non-hydrogen) atoms. The van der Waals surface area contributed by atoms with Crippen LogP contribution in [0.15, 0.2) is 30.3 Å². The van der Waals surface area contributed by atoms with E-state index in [1.54, 1.807) is 0 Å². The number of hydrogen-bond acceptors (Lipinski definition) is 7. The number of nitrogens with two attached hydrogens (primary N) is 2. The Kier molecular flexibility index (Phi) is 11.3. The molecule has 0 aromatic heterocycles. The SMILES string of the molecule is NCCCCC(NC(=O)C(CC(=O)O)NC(=O)C1CCCN1C(=O)C(N)Cc1ccccc1)C(=O)O. The van der Waals surface area contributed by atoms with Crippen LogP contribution in [0.4, 0.5) is 0 Å². The summed E-state index contributed by atoms with van der Waals surface area (Å²) in [5.74, 6) is -4.66. The second-order valence-electron chi connectivity index (χ2n) is 8.83. The molecule has 1 aliphatic heterocycles. The lowest BCUT2D eigenvalue weighted by atomic mass is 10.0. The van der Waals surface area contributed by atoms with Crippen LogP contribution in [0.3, 0.4) is 0 Å². The van der Waals surface area contributed by atoms with E-state index in [-0.39, 0.29) is 12.8 Å². The number of aliphatic carboxylic acids is 2. The van der Waals surface area contributed by atoms with Gasteiger partial charge in [0.1, 0.15) is 18.1 Å². The van der Waals surface area contributed by atoms with Crippen molar-refractivity contribution in [3.8, 4) is 0 Å². The van der Waals surface area contributed by atoms with E-state index in [1.807, 2.05) is 30.3 Å². The molecule has 1 aliphatic rings. The molecule has 4 unspecified atom stereocenters. The predicted molar refractivity (Wildman–Crippen MR) is 130 cm³/mol. The van der Waals surface area contributed by atoms with E-state index in [0.717, 1.165) is 5.56 Å². The normalized spacial score (nSPS) is 17.6. The van der Waals surface area contributed by atoms with Crippen molar-refractivity contribution in [3.63, 3.8) is 0 Å². The number of amides is 3. The summed E-state index contributed by atoms with van der Waals surface area (Å²) in [6.07, 6.45) is 1.53. The summed E-state index contributed by atoms with van der Waals surface area (Å²) >= 11 is 0. The minimum atomic E-state index is -1.51. The fourth-order valence-corrected chi connectivity index (χ4v) is 4.15. The Balaban J connectivity index is 2.06. The first-order chi connectivity index (χ1) is 17.1. The van der Waals surface area contributed by atoms with Crippen LogP contribution in [0.25, 0.3) is 0 Å². The molecule has 0 saturated carbocycles. The average Bonchev–Trinajstić information content (AvgIpc) is 3.32. The molecule has 12 nitrogen and oxygen atoms in total. The van der Waals surface area contributed by atoms with Crippen molar-refractivity contribution in [3.05, 3.63) is 35.9 Å². The molecule has 1 saturated heterocycles. The van der Waals surface area contributed by atoms with Crippen molar-refractivity contribution in [2.24, 2.45) is 11.5 Å². The molecule has 8 N–H and O–H groups in total. The molecule has 1 aromatic carbocycles. The van der Waals surface area contributed by atoms with Gasteiger partial charge in [-0.3, -0.25) is 19.2 Å². The predicted octanol–water partition coefficient (Wildman–Crippen LogP) is -0.795. The van der Waals surface area contributed by atoms with E-state index in [4.69, 9.17) is 11.5 Å². The average molecular weight is 506 g/mol. The van der Waals surface area contributed by atoms with Crippen LogP contribution in [0.1, 0.15) is 44.1 Å². The largest absolute Gasteiger partial charge is 0.481 e. The lowest BCUT2D eigenvalue weighted by molar-refractivity contribution is -0.144. The highest BCUT2D eigenvalue weighted by molar-refractivity contribution is 5.95. The fourth-order valence-electron chi connectivity index (χ4n) is 4.15. The number of carboxylic acids is 2. The van der Waals surface area contributed by atoms with E-state index in [1.165, 1.54) is 4.90 Å². The lowest BCUT2D eigenvalue weighted by Gasteiger charge is -2.28. The summed E-state index contributed by atoms with van der Waals surface area (Å²) in [6, 6.07) is 4.65. The van der Waals surface area contributed by atoms with Gasteiger partial charge in [-0.05, 0) is 50.6 Å². The zero-order valence-corrected chi connectivity index (χ0v) is 20.1. The first-order valence-corrected chi connectivity index (χ1v) is 12.0. The standard InChI is InChI=1S/C24H35N5O7/c25-11-5-4-9-17(24(35)36)27-21(32)18(14-20(30)31)28-22(33)19-10-6-12-29(19)23(34)16(26)13-15-7-2-1-3-8-15/h1-3,7-8,16-19H,4-6,9-14,25-26H2,(H,27,32)(H,28,33)(H,30,31)(H,35,36). The smallest absolute Gasteiger partial charge is 0.326 e. The molecule has 3 amide bonds. The van der Waals surface area contributed by atoms with Crippen LogP contribution in [0.2, 0.25) is 0 Å². The summed E-state index contributed by atoms with van der Waals surface area (Å²) in [6.45, 7) is 0.668. The molecule has 0 radical (unpaired) electrons. The Labute approximate surface area is 209 Å². The van der Waals surface area contributed by atoms with Crippen molar-refractivity contribution >= 4 is 29.7 Å². The van der Waals surface area contributed by atoms with Gasteiger partial charge in [-0.25, -0.2) is 4.79 Å². The maximum atomic E-state index is 13.0. The Bertz CT molecular complexity index is 927. The number of carbonyl (C=O) groups excluding carboxylic acids is 3. The maximum Gasteiger partial charge on any atom is 0.326 e. The third-order valence-corrected chi connectivity index (χ3v) is 6.03. The molecule has 1 heterocycles. The van der Waals surface area contributed by atoms with E-state index < -0.39 is 60.2 Å². The molecular formula is C24H35N5O7. The van der Waals surface area contributed by atoms with Gasteiger partial charge in [-0.2, -0.15) is 0 Å². The van der Waals surface area contributed by atoms with Gasteiger partial charge in [0, 0.05) is 6.54 Å². The first-order valence-electron chi connectivity index (χ1n) is 12.0.